The molecule has 7 nitrogen and oxygen atoms in total. The molecule has 0 aromatic carbocycles. The minimum atomic E-state index is -3.22. The zero-order valence-corrected chi connectivity index (χ0v) is 18.4. The van der Waals surface area contributed by atoms with Gasteiger partial charge in [-0.3, -0.25) is 4.79 Å². The highest BCUT2D eigenvalue weighted by atomic mass is 32.2. The lowest BCUT2D eigenvalue weighted by atomic mass is 9.89. The van der Waals surface area contributed by atoms with Crippen LogP contribution in [0.3, 0.4) is 0 Å². The van der Waals surface area contributed by atoms with Crippen molar-refractivity contribution in [1.82, 2.24) is 14.1 Å². The number of ether oxygens (including phenoxy) is 1. The summed E-state index contributed by atoms with van der Waals surface area (Å²) in [5.41, 5.74) is 1.56. The first-order valence-corrected chi connectivity index (χ1v) is 12.9. The molecule has 3 fully saturated rings. The van der Waals surface area contributed by atoms with Crippen molar-refractivity contribution < 1.29 is 17.9 Å². The van der Waals surface area contributed by atoms with Crippen molar-refractivity contribution in [3.05, 3.63) is 35.9 Å². The van der Waals surface area contributed by atoms with Crippen LogP contribution in [0.25, 0.3) is 0 Å². The van der Waals surface area contributed by atoms with Crippen LogP contribution in [0.5, 0.6) is 0 Å². The number of carbonyl (C=O) groups excluding carboxylic acids is 1. The van der Waals surface area contributed by atoms with Crippen molar-refractivity contribution in [2.24, 2.45) is 17.3 Å². The Morgan fingerprint density at radius 2 is 2.07 bits per heavy atom. The molecule has 0 bridgehead atoms. The van der Waals surface area contributed by atoms with Crippen LogP contribution in [0.2, 0.25) is 0 Å². The largest absolute Gasteiger partial charge is 0.487 e. The maximum absolute atomic E-state index is 13.0. The average Bonchev–Trinajstić information content (AvgIpc) is 3.17. The fourth-order valence-electron chi connectivity index (χ4n) is 5.58. The van der Waals surface area contributed by atoms with Crippen molar-refractivity contribution >= 4 is 15.9 Å². The predicted molar refractivity (Wildman–Crippen MR) is 113 cm³/mol. The third-order valence-corrected chi connectivity index (χ3v) is 8.89. The second-order valence-electron chi connectivity index (χ2n) is 9.53. The summed E-state index contributed by atoms with van der Waals surface area (Å²) >= 11 is 0. The van der Waals surface area contributed by atoms with E-state index in [9.17, 15) is 13.2 Å². The molecule has 5 aliphatic rings. The van der Waals surface area contributed by atoms with E-state index in [0.29, 0.717) is 31.0 Å². The Labute approximate surface area is 179 Å². The first-order chi connectivity index (χ1) is 14.3. The minimum Gasteiger partial charge on any atom is -0.487 e. The fourth-order valence-corrected chi connectivity index (χ4v) is 6.49. The minimum absolute atomic E-state index is 0.150. The van der Waals surface area contributed by atoms with Crippen molar-refractivity contribution in [1.29, 1.82) is 0 Å². The SMILES string of the molecule is CS(=O)(=O)N1CCCC(C(=O)N2CCC3(CC2)CC3CN2C=CC3=CCOC3=C2)C1. The third-order valence-electron chi connectivity index (χ3n) is 7.62. The van der Waals surface area contributed by atoms with E-state index in [4.69, 9.17) is 4.74 Å². The van der Waals surface area contributed by atoms with Crippen molar-refractivity contribution in [2.75, 3.05) is 45.6 Å². The van der Waals surface area contributed by atoms with Gasteiger partial charge in [-0.2, -0.15) is 0 Å². The second-order valence-corrected chi connectivity index (χ2v) is 11.5. The number of rotatable bonds is 4. The zero-order valence-electron chi connectivity index (χ0n) is 17.6. The summed E-state index contributed by atoms with van der Waals surface area (Å²) in [5, 5.41) is 0. The lowest BCUT2D eigenvalue weighted by molar-refractivity contribution is -0.138. The molecule has 5 rings (SSSR count). The van der Waals surface area contributed by atoms with E-state index in [1.165, 1.54) is 22.6 Å². The molecule has 8 heteroatoms. The number of carbonyl (C=O) groups is 1. The number of sulfonamides is 1. The van der Waals surface area contributed by atoms with Crippen LogP contribution in [0.1, 0.15) is 32.1 Å². The van der Waals surface area contributed by atoms with Gasteiger partial charge in [-0.25, -0.2) is 12.7 Å². The number of piperidine rings is 2. The highest BCUT2D eigenvalue weighted by Gasteiger charge is 2.55. The van der Waals surface area contributed by atoms with Gasteiger partial charge < -0.3 is 14.5 Å². The fraction of sp³-hybridized carbons (Fsp3) is 0.682. The molecule has 1 aliphatic carbocycles. The molecule has 0 aromatic heterocycles. The van der Waals surface area contributed by atoms with E-state index in [1.807, 2.05) is 4.90 Å². The van der Waals surface area contributed by atoms with Crippen LogP contribution in [-0.2, 0) is 19.6 Å². The van der Waals surface area contributed by atoms with Gasteiger partial charge in [0.15, 0.2) is 0 Å². The summed E-state index contributed by atoms with van der Waals surface area (Å²) in [4.78, 5) is 17.3. The number of fused-ring (bicyclic) bond motifs is 1. The summed E-state index contributed by atoms with van der Waals surface area (Å²) in [6.07, 6.45) is 14.6. The zero-order chi connectivity index (χ0) is 20.9. The molecule has 1 amide bonds. The summed E-state index contributed by atoms with van der Waals surface area (Å²) < 4.78 is 30.8. The van der Waals surface area contributed by atoms with Crippen molar-refractivity contribution in [3.8, 4) is 0 Å². The van der Waals surface area contributed by atoms with E-state index in [0.717, 1.165) is 51.1 Å². The Morgan fingerprint density at radius 1 is 1.27 bits per heavy atom. The lowest BCUT2D eigenvalue weighted by Gasteiger charge is -2.38. The molecule has 1 saturated carbocycles. The van der Waals surface area contributed by atoms with Crippen LogP contribution in [0, 0.1) is 17.3 Å². The van der Waals surface area contributed by atoms with Gasteiger partial charge in [-0.05, 0) is 55.6 Å². The second kappa shape index (κ2) is 7.41. The Hall–Kier alpha value is -1.80. The number of allylic oxidation sites excluding steroid dienone is 1. The number of amides is 1. The summed E-state index contributed by atoms with van der Waals surface area (Å²) in [6.45, 7) is 4.17. The average molecular weight is 434 g/mol. The van der Waals surface area contributed by atoms with Gasteiger partial charge in [0.2, 0.25) is 15.9 Å². The van der Waals surface area contributed by atoms with Gasteiger partial charge in [-0.15, -0.1) is 0 Å². The molecule has 4 aliphatic heterocycles. The molecule has 2 unspecified atom stereocenters. The molecule has 4 heterocycles. The van der Waals surface area contributed by atoms with Crippen molar-refractivity contribution in [2.45, 2.75) is 32.1 Å². The smallest absolute Gasteiger partial charge is 0.227 e. The van der Waals surface area contributed by atoms with E-state index >= 15 is 0 Å². The molecule has 0 aromatic rings. The summed E-state index contributed by atoms with van der Waals surface area (Å²) in [5.74, 6) is 1.61. The molecule has 0 N–H and O–H groups in total. The Balaban J connectivity index is 1.13. The van der Waals surface area contributed by atoms with Gasteiger partial charge in [-0.1, -0.05) is 0 Å². The number of likely N-dealkylation sites (tertiary alicyclic amines) is 1. The normalized spacial score (nSPS) is 30.6. The van der Waals surface area contributed by atoms with Crippen LogP contribution in [-0.4, -0.2) is 74.0 Å². The highest BCUT2D eigenvalue weighted by Crippen LogP contribution is 2.59. The number of hydrogen-bond donors (Lipinski definition) is 0. The maximum atomic E-state index is 13.0. The first kappa shape index (κ1) is 20.1. The van der Waals surface area contributed by atoms with Gasteiger partial charge in [0, 0.05) is 50.7 Å². The quantitative estimate of drug-likeness (QED) is 0.677. The van der Waals surface area contributed by atoms with Gasteiger partial charge >= 0.3 is 0 Å². The maximum Gasteiger partial charge on any atom is 0.227 e. The molecular weight excluding hydrogens is 402 g/mol. The van der Waals surface area contributed by atoms with Gasteiger partial charge in [0.05, 0.1) is 12.2 Å². The van der Waals surface area contributed by atoms with E-state index in [-0.39, 0.29) is 11.8 Å². The first-order valence-electron chi connectivity index (χ1n) is 11.1. The Kier molecular flexibility index (Phi) is 4.97. The van der Waals surface area contributed by atoms with E-state index in [2.05, 4.69) is 29.5 Å². The molecule has 30 heavy (non-hydrogen) atoms. The summed E-state index contributed by atoms with van der Waals surface area (Å²) in [6, 6.07) is 0. The van der Waals surface area contributed by atoms with Crippen LogP contribution < -0.4 is 0 Å². The molecule has 164 valence electrons. The van der Waals surface area contributed by atoms with Crippen LogP contribution in [0.15, 0.2) is 35.9 Å². The summed E-state index contributed by atoms with van der Waals surface area (Å²) in [7, 11) is -3.22. The standard InChI is InChI=1S/C22H31N3O4S/c1-30(27,28)25-8-2-3-18(14-25)21(26)24-10-6-22(7-11-24)13-19(22)15-23-9-4-17-5-12-29-20(17)16-23/h4-5,9,16,18-19H,2-3,6-8,10-15H2,1H3. The van der Waals surface area contributed by atoms with E-state index < -0.39 is 10.0 Å². The van der Waals surface area contributed by atoms with Gasteiger partial charge in [0.1, 0.15) is 12.4 Å². The van der Waals surface area contributed by atoms with Crippen LogP contribution in [0.4, 0.5) is 0 Å². The number of hydrogen-bond acceptors (Lipinski definition) is 5. The Bertz CT molecular complexity index is 915. The van der Waals surface area contributed by atoms with Crippen LogP contribution >= 0.6 is 0 Å². The molecule has 0 radical (unpaired) electrons. The van der Waals surface area contributed by atoms with E-state index in [1.54, 1.807) is 0 Å². The molecular formula is C22H31N3O4S. The molecule has 1 spiro atoms. The lowest BCUT2D eigenvalue weighted by Crippen LogP contribution is -2.48. The third kappa shape index (κ3) is 3.80. The molecule has 2 saturated heterocycles. The monoisotopic (exact) mass is 433 g/mol. The highest BCUT2D eigenvalue weighted by molar-refractivity contribution is 7.88. The molecule has 2 atom stereocenters. The Morgan fingerprint density at radius 3 is 2.83 bits per heavy atom. The number of nitrogens with zero attached hydrogens (tertiary/aromatic N) is 3. The predicted octanol–water partition coefficient (Wildman–Crippen LogP) is 1.91. The topological polar surface area (TPSA) is 70.2 Å². The van der Waals surface area contributed by atoms with Crippen molar-refractivity contribution in [3.63, 3.8) is 0 Å². The van der Waals surface area contributed by atoms with Gasteiger partial charge in [0.25, 0.3) is 0 Å².